The van der Waals surface area contributed by atoms with Crippen LogP contribution >= 0.6 is 0 Å². The van der Waals surface area contributed by atoms with E-state index in [4.69, 9.17) is 9.84 Å². The smallest absolute Gasteiger partial charge is 0.335 e. The summed E-state index contributed by atoms with van der Waals surface area (Å²) < 4.78 is 5.31. The zero-order chi connectivity index (χ0) is 14.5. The van der Waals surface area contributed by atoms with Gasteiger partial charge in [-0.05, 0) is 31.2 Å². The highest BCUT2D eigenvalue weighted by atomic mass is 16.5. The van der Waals surface area contributed by atoms with Gasteiger partial charge in [0.2, 0.25) is 5.88 Å². The fourth-order valence-corrected chi connectivity index (χ4v) is 1.68. The molecule has 0 spiro atoms. The topological polar surface area (TPSA) is 75.5 Å². The van der Waals surface area contributed by atoms with Gasteiger partial charge in [0.15, 0.2) is 5.82 Å². The molecular formula is C14H15N3O3. The van der Waals surface area contributed by atoms with E-state index in [0.717, 1.165) is 5.69 Å². The lowest BCUT2D eigenvalue weighted by Crippen LogP contribution is -2.12. The zero-order valence-electron chi connectivity index (χ0n) is 11.3. The SMILES string of the molecule is CCOc1cncc(N(C)c2ccc(C(=O)O)cc2)n1. The third-order valence-electron chi connectivity index (χ3n) is 2.74. The summed E-state index contributed by atoms with van der Waals surface area (Å²) >= 11 is 0. The molecule has 0 aliphatic rings. The minimum atomic E-state index is -0.947. The Morgan fingerprint density at radius 1 is 1.30 bits per heavy atom. The molecule has 0 radical (unpaired) electrons. The molecule has 2 aromatic rings. The van der Waals surface area contributed by atoms with Crippen LogP contribution in [0.1, 0.15) is 17.3 Å². The van der Waals surface area contributed by atoms with Gasteiger partial charge in [-0.2, -0.15) is 4.98 Å². The molecule has 0 unspecified atom stereocenters. The molecule has 1 aromatic heterocycles. The number of carbonyl (C=O) groups is 1. The number of anilines is 2. The van der Waals surface area contributed by atoms with E-state index in [1.165, 1.54) is 0 Å². The largest absolute Gasteiger partial charge is 0.478 e. The molecule has 6 nitrogen and oxygen atoms in total. The van der Waals surface area contributed by atoms with Gasteiger partial charge in [0, 0.05) is 12.7 Å². The van der Waals surface area contributed by atoms with Crippen molar-refractivity contribution in [3.63, 3.8) is 0 Å². The normalized spacial score (nSPS) is 10.1. The molecule has 0 atom stereocenters. The monoisotopic (exact) mass is 273 g/mol. The van der Waals surface area contributed by atoms with Crippen molar-refractivity contribution in [2.24, 2.45) is 0 Å². The summed E-state index contributed by atoms with van der Waals surface area (Å²) in [4.78, 5) is 21.0. The minimum absolute atomic E-state index is 0.247. The van der Waals surface area contributed by atoms with Crippen LogP contribution in [0, 0.1) is 0 Å². The fraction of sp³-hybridized carbons (Fsp3) is 0.214. The van der Waals surface area contributed by atoms with Crippen LogP contribution in [0.2, 0.25) is 0 Å². The van der Waals surface area contributed by atoms with Crippen molar-refractivity contribution >= 4 is 17.5 Å². The number of hydrogen-bond acceptors (Lipinski definition) is 5. The number of rotatable bonds is 5. The summed E-state index contributed by atoms with van der Waals surface area (Å²) in [6, 6.07) is 6.54. The molecule has 0 aliphatic carbocycles. The lowest BCUT2D eigenvalue weighted by Gasteiger charge is -2.18. The molecule has 0 saturated heterocycles. The summed E-state index contributed by atoms with van der Waals surface area (Å²) in [6.07, 6.45) is 3.17. The van der Waals surface area contributed by atoms with Crippen LogP contribution in [0.4, 0.5) is 11.5 Å². The van der Waals surface area contributed by atoms with E-state index in [2.05, 4.69) is 9.97 Å². The Morgan fingerprint density at radius 2 is 2.00 bits per heavy atom. The average Bonchev–Trinajstić information content (AvgIpc) is 2.47. The highest BCUT2D eigenvalue weighted by Gasteiger charge is 2.09. The highest BCUT2D eigenvalue weighted by molar-refractivity contribution is 5.88. The van der Waals surface area contributed by atoms with Crippen LogP contribution in [0.3, 0.4) is 0 Å². The lowest BCUT2D eigenvalue weighted by molar-refractivity contribution is 0.0697. The van der Waals surface area contributed by atoms with Gasteiger partial charge in [-0.15, -0.1) is 0 Å². The van der Waals surface area contributed by atoms with Crippen molar-refractivity contribution in [1.29, 1.82) is 0 Å². The number of benzene rings is 1. The highest BCUT2D eigenvalue weighted by Crippen LogP contribution is 2.22. The number of ether oxygens (including phenoxy) is 1. The molecule has 1 N–H and O–H groups in total. The van der Waals surface area contributed by atoms with Crippen LogP contribution in [-0.4, -0.2) is 34.7 Å². The maximum Gasteiger partial charge on any atom is 0.335 e. The van der Waals surface area contributed by atoms with Gasteiger partial charge in [-0.25, -0.2) is 4.79 Å². The Balaban J connectivity index is 2.23. The van der Waals surface area contributed by atoms with E-state index in [1.54, 1.807) is 41.6 Å². The first kappa shape index (κ1) is 13.8. The second-order valence-electron chi connectivity index (χ2n) is 4.06. The maximum atomic E-state index is 10.8. The number of aromatic nitrogens is 2. The Morgan fingerprint density at radius 3 is 2.60 bits per heavy atom. The molecule has 0 bridgehead atoms. The van der Waals surface area contributed by atoms with E-state index in [9.17, 15) is 4.79 Å². The van der Waals surface area contributed by atoms with Gasteiger partial charge in [0.05, 0.1) is 24.6 Å². The molecule has 0 fully saturated rings. The quantitative estimate of drug-likeness (QED) is 0.901. The van der Waals surface area contributed by atoms with E-state index >= 15 is 0 Å². The molecule has 0 aliphatic heterocycles. The van der Waals surface area contributed by atoms with Crippen LogP contribution in [0.15, 0.2) is 36.7 Å². The second kappa shape index (κ2) is 6.01. The molecule has 6 heteroatoms. The summed E-state index contributed by atoms with van der Waals surface area (Å²) in [6.45, 7) is 2.40. The first-order valence-electron chi connectivity index (χ1n) is 6.13. The van der Waals surface area contributed by atoms with Gasteiger partial charge < -0.3 is 14.7 Å². The maximum absolute atomic E-state index is 10.8. The molecule has 1 aromatic carbocycles. The summed E-state index contributed by atoms with van der Waals surface area (Å²) in [5.74, 6) is 0.135. The molecule has 0 saturated carbocycles. The Labute approximate surface area is 116 Å². The standard InChI is InChI=1S/C14H15N3O3/c1-3-20-13-9-15-8-12(16-13)17(2)11-6-4-10(5-7-11)14(18)19/h4-9H,3H2,1-2H3,(H,18,19). The Kier molecular flexibility index (Phi) is 4.14. The first-order valence-corrected chi connectivity index (χ1v) is 6.13. The van der Waals surface area contributed by atoms with Crippen molar-refractivity contribution in [3.05, 3.63) is 42.2 Å². The molecule has 20 heavy (non-hydrogen) atoms. The fourth-order valence-electron chi connectivity index (χ4n) is 1.68. The number of carboxylic acid groups (broad SMARTS) is 1. The second-order valence-corrected chi connectivity index (χ2v) is 4.06. The van der Waals surface area contributed by atoms with Crippen LogP contribution < -0.4 is 9.64 Å². The number of nitrogens with zero attached hydrogens (tertiary/aromatic N) is 3. The molecular weight excluding hydrogens is 258 g/mol. The van der Waals surface area contributed by atoms with Crippen LogP contribution in [0.5, 0.6) is 5.88 Å². The van der Waals surface area contributed by atoms with Crippen molar-refractivity contribution in [3.8, 4) is 5.88 Å². The Hall–Kier alpha value is -2.63. The third kappa shape index (κ3) is 3.03. The molecule has 0 amide bonds. The first-order chi connectivity index (χ1) is 9.61. The van der Waals surface area contributed by atoms with Gasteiger partial charge in [0.25, 0.3) is 0 Å². The number of hydrogen-bond donors (Lipinski definition) is 1. The van der Waals surface area contributed by atoms with Crippen molar-refractivity contribution < 1.29 is 14.6 Å². The molecule has 104 valence electrons. The molecule has 2 rings (SSSR count). The van der Waals surface area contributed by atoms with E-state index < -0.39 is 5.97 Å². The van der Waals surface area contributed by atoms with Crippen molar-refractivity contribution in [2.75, 3.05) is 18.6 Å². The number of carboxylic acids is 1. The minimum Gasteiger partial charge on any atom is -0.478 e. The predicted octanol–water partition coefficient (Wildman–Crippen LogP) is 2.34. The van der Waals surface area contributed by atoms with E-state index in [-0.39, 0.29) is 5.56 Å². The van der Waals surface area contributed by atoms with Gasteiger partial charge in [0.1, 0.15) is 0 Å². The van der Waals surface area contributed by atoms with Crippen molar-refractivity contribution in [1.82, 2.24) is 9.97 Å². The lowest BCUT2D eigenvalue weighted by atomic mass is 10.2. The van der Waals surface area contributed by atoms with Crippen LogP contribution in [-0.2, 0) is 0 Å². The van der Waals surface area contributed by atoms with E-state index in [1.807, 2.05) is 14.0 Å². The Bertz CT molecular complexity index is 599. The summed E-state index contributed by atoms with van der Waals surface area (Å²) in [5.41, 5.74) is 1.06. The summed E-state index contributed by atoms with van der Waals surface area (Å²) in [7, 11) is 1.83. The molecule has 1 heterocycles. The average molecular weight is 273 g/mol. The third-order valence-corrected chi connectivity index (χ3v) is 2.74. The summed E-state index contributed by atoms with van der Waals surface area (Å²) in [5, 5.41) is 8.87. The van der Waals surface area contributed by atoms with Gasteiger partial charge >= 0.3 is 5.97 Å². The van der Waals surface area contributed by atoms with E-state index in [0.29, 0.717) is 18.3 Å². The van der Waals surface area contributed by atoms with Crippen LogP contribution in [0.25, 0.3) is 0 Å². The number of aromatic carboxylic acids is 1. The van der Waals surface area contributed by atoms with Gasteiger partial charge in [-0.3, -0.25) is 4.98 Å². The zero-order valence-corrected chi connectivity index (χ0v) is 11.3. The van der Waals surface area contributed by atoms with Gasteiger partial charge in [-0.1, -0.05) is 0 Å². The van der Waals surface area contributed by atoms with Crippen molar-refractivity contribution in [2.45, 2.75) is 6.92 Å². The predicted molar refractivity (Wildman–Crippen MR) is 74.7 cm³/mol.